The van der Waals surface area contributed by atoms with Crippen LogP contribution in [0.1, 0.15) is 11.1 Å². The van der Waals surface area contributed by atoms with Crippen LogP contribution in [0.5, 0.6) is 5.75 Å². The second-order valence-electron chi connectivity index (χ2n) is 2.64. The van der Waals surface area contributed by atoms with E-state index in [9.17, 15) is 13.2 Å². The summed E-state index contributed by atoms with van der Waals surface area (Å²) in [4.78, 5) is 0. The molecule has 14 heavy (non-hydrogen) atoms. The number of nitrogen functional groups attached to an aromatic ring is 1. The zero-order valence-corrected chi connectivity index (χ0v) is 6.89. The van der Waals surface area contributed by atoms with E-state index in [0.717, 1.165) is 12.1 Å². The van der Waals surface area contributed by atoms with E-state index in [1.54, 1.807) is 0 Å². The van der Waals surface area contributed by atoms with E-state index in [-0.39, 0.29) is 5.56 Å². The van der Waals surface area contributed by atoms with Crippen molar-refractivity contribution in [1.82, 2.24) is 0 Å². The molecule has 4 N–H and O–H groups in total. The van der Waals surface area contributed by atoms with Crippen molar-refractivity contribution in [3.05, 3.63) is 29.3 Å². The maximum absolute atomic E-state index is 12.2. The summed E-state index contributed by atoms with van der Waals surface area (Å²) in [5.41, 5.74) is 3.72. The zero-order chi connectivity index (χ0) is 10.9. The molecule has 0 spiro atoms. The molecular weight excluding hydrogens is 197 g/mol. The lowest BCUT2D eigenvalue weighted by atomic mass is 10.1. The van der Waals surface area contributed by atoms with Crippen molar-refractivity contribution in [1.29, 1.82) is 5.41 Å². The normalized spacial score (nSPS) is 11.4. The van der Waals surface area contributed by atoms with Gasteiger partial charge in [-0.15, -0.1) is 0 Å². The van der Waals surface area contributed by atoms with Crippen molar-refractivity contribution in [3.8, 4) is 5.75 Å². The van der Waals surface area contributed by atoms with Crippen LogP contribution in [0.25, 0.3) is 0 Å². The van der Waals surface area contributed by atoms with Crippen molar-refractivity contribution < 1.29 is 18.3 Å². The van der Waals surface area contributed by atoms with Gasteiger partial charge in [-0.1, -0.05) is 0 Å². The smallest absolute Gasteiger partial charge is 0.416 e. The molecule has 6 heteroatoms. The lowest BCUT2D eigenvalue weighted by molar-refractivity contribution is -0.137. The highest BCUT2D eigenvalue weighted by Gasteiger charge is 2.31. The Morgan fingerprint density at radius 1 is 1.36 bits per heavy atom. The van der Waals surface area contributed by atoms with Crippen LogP contribution in [0.2, 0.25) is 0 Å². The van der Waals surface area contributed by atoms with Crippen LogP contribution in [0.3, 0.4) is 0 Å². The Hall–Kier alpha value is -1.72. The lowest BCUT2D eigenvalue weighted by Crippen LogP contribution is -2.13. The maximum atomic E-state index is 12.2. The van der Waals surface area contributed by atoms with Crippen molar-refractivity contribution in [3.63, 3.8) is 0 Å². The Labute approximate surface area is 77.5 Å². The summed E-state index contributed by atoms with van der Waals surface area (Å²) < 4.78 is 36.5. The van der Waals surface area contributed by atoms with Gasteiger partial charge in [-0.05, 0) is 18.2 Å². The Morgan fingerprint density at radius 2 is 1.93 bits per heavy atom. The summed E-state index contributed by atoms with van der Waals surface area (Å²) >= 11 is 0. The molecule has 76 valence electrons. The highest BCUT2D eigenvalue weighted by Crippen LogP contribution is 2.31. The number of amidine groups is 1. The van der Waals surface area contributed by atoms with Crippen LogP contribution >= 0.6 is 0 Å². The molecule has 0 saturated heterocycles. The van der Waals surface area contributed by atoms with E-state index < -0.39 is 23.3 Å². The van der Waals surface area contributed by atoms with Crippen molar-refractivity contribution in [2.24, 2.45) is 5.73 Å². The second-order valence-corrected chi connectivity index (χ2v) is 2.64. The molecular formula is C8H7F3N2O. The minimum absolute atomic E-state index is 0.320. The Morgan fingerprint density at radius 3 is 2.36 bits per heavy atom. The van der Waals surface area contributed by atoms with E-state index in [4.69, 9.17) is 16.2 Å². The minimum Gasteiger partial charge on any atom is -0.507 e. The van der Waals surface area contributed by atoms with Crippen LogP contribution in [0.15, 0.2) is 18.2 Å². The van der Waals surface area contributed by atoms with Crippen LogP contribution in [0, 0.1) is 5.41 Å². The predicted octanol–water partition coefficient (Wildman–Crippen LogP) is 1.70. The molecule has 0 aliphatic heterocycles. The molecule has 0 radical (unpaired) electrons. The summed E-state index contributed by atoms with van der Waals surface area (Å²) in [5, 5.41) is 16.0. The molecule has 0 aliphatic carbocycles. The van der Waals surface area contributed by atoms with Crippen molar-refractivity contribution in [2.75, 3.05) is 0 Å². The van der Waals surface area contributed by atoms with E-state index >= 15 is 0 Å². The number of nitrogens with two attached hydrogens (primary N) is 1. The highest BCUT2D eigenvalue weighted by atomic mass is 19.4. The van der Waals surface area contributed by atoms with Gasteiger partial charge in [0.2, 0.25) is 0 Å². The number of aromatic hydroxyl groups is 1. The van der Waals surface area contributed by atoms with Crippen molar-refractivity contribution >= 4 is 5.84 Å². The Bertz CT molecular complexity index is 373. The summed E-state index contributed by atoms with van der Waals surface area (Å²) in [7, 11) is 0. The first-order valence-electron chi connectivity index (χ1n) is 3.57. The van der Waals surface area contributed by atoms with Gasteiger partial charge < -0.3 is 10.8 Å². The number of alkyl halides is 3. The summed E-state index contributed by atoms with van der Waals surface area (Å²) in [6.45, 7) is 0. The third-order valence-electron chi connectivity index (χ3n) is 1.61. The number of rotatable bonds is 1. The average molecular weight is 204 g/mol. The molecule has 1 rings (SSSR count). The molecule has 1 aromatic rings. The predicted molar refractivity (Wildman–Crippen MR) is 44.1 cm³/mol. The van der Waals surface area contributed by atoms with Crippen LogP contribution in [0.4, 0.5) is 13.2 Å². The third-order valence-corrected chi connectivity index (χ3v) is 1.61. The fraction of sp³-hybridized carbons (Fsp3) is 0.125. The van der Waals surface area contributed by atoms with Gasteiger partial charge >= 0.3 is 6.18 Å². The zero-order valence-electron chi connectivity index (χ0n) is 6.89. The van der Waals surface area contributed by atoms with Crippen molar-refractivity contribution in [2.45, 2.75) is 6.18 Å². The van der Waals surface area contributed by atoms with Gasteiger partial charge in [0.05, 0.1) is 11.1 Å². The quantitative estimate of drug-likeness (QED) is 0.481. The fourth-order valence-electron chi connectivity index (χ4n) is 0.928. The van der Waals surface area contributed by atoms with Crippen LogP contribution in [-0.2, 0) is 6.18 Å². The summed E-state index contributed by atoms with van der Waals surface area (Å²) in [5.74, 6) is -1.04. The third kappa shape index (κ3) is 1.95. The average Bonchev–Trinajstić information content (AvgIpc) is 2.02. The molecule has 0 aromatic heterocycles. The molecule has 0 heterocycles. The molecule has 0 amide bonds. The van der Waals surface area contributed by atoms with Crippen LogP contribution in [-0.4, -0.2) is 10.9 Å². The highest BCUT2D eigenvalue weighted by molar-refractivity contribution is 5.97. The Balaban J connectivity index is 3.27. The molecule has 0 unspecified atom stereocenters. The first-order chi connectivity index (χ1) is 6.32. The van der Waals surface area contributed by atoms with Crippen LogP contribution < -0.4 is 5.73 Å². The molecule has 0 fully saturated rings. The van der Waals surface area contributed by atoms with Gasteiger partial charge in [-0.2, -0.15) is 13.2 Å². The first kappa shape index (κ1) is 10.4. The Kier molecular flexibility index (Phi) is 2.37. The number of hydrogen-bond acceptors (Lipinski definition) is 2. The number of hydrogen-bond donors (Lipinski definition) is 3. The van der Waals surface area contributed by atoms with Gasteiger partial charge in [-0.25, -0.2) is 0 Å². The van der Waals surface area contributed by atoms with E-state index in [2.05, 4.69) is 0 Å². The molecule has 1 aromatic carbocycles. The van der Waals surface area contributed by atoms with E-state index in [1.165, 1.54) is 0 Å². The first-order valence-corrected chi connectivity index (χ1v) is 3.57. The van der Waals surface area contributed by atoms with Gasteiger partial charge in [0.15, 0.2) is 0 Å². The summed E-state index contributed by atoms with van der Waals surface area (Å²) in [6, 6.07) is 2.22. The maximum Gasteiger partial charge on any atom is 0.416 e. The number of benzene rings is 1. The van der Waals surface area contributed by atoms with Gasteiger partial charge in [0.25, 0.3) is 0 Å². The fourth-order valence-corrected chi connectivity index (χ4v) is 0.928. The SMILES string of the molecule is N=C(N)c1cc(C(F)(F)F)ccc1O. The van der Waals surface area contributed by atoms with E-state index in [1.807, 2.05) is 0 Å². The topological polar surface area (TPSA) is 70.1 Å². The molecule has 0 saturated carbocycles. The standard InChI is InChI=1S/C8H7F3N2O/c9-8(10,11)4-1-2-6(14)5(3-4)7(12)13/h1-3,14H,(H3,12,13). The largest absolute Gasteiger partial charge is 0.507 e. The lowest BCUT2D eigenvalue weighted by Gasteiger charge is -2.09. The minimum atomic E-state index is -4.50. The number of halogens is 3. The summed E-state index contributed by atoms with van der Waals surface area (Å²) in [6.07, 6.45) is -4.50. The van der Waals surface area contributed by atoms with E-state index in [0.29, 0.717) is 6.07 Å². The number of phenols is 1. The molecule has 0 bridgehead atoms. The van der Waals surface area contributed by atoms with Gasteiger partial charge in [-0.3, -0.25) is 5.41 Å². The molecule has 0 aliphatic rings. The molecule has 0 atom stereocenters. The number of nitrogens with one attached hydrogen (secondary N) is 1. The number of phenolic OH excluding ortho intramolecular Hbond substituents is 1. The van der Waals surface area contributed by atoms with Gasteiger partial charge in [0, 0.05) is 0 Å². The monoisotopic (exact) mass is 204 g/mol. The van der Waals surface area contributed by atoms with Gasteiger partial charge in [0.1, 0.15) is 11.6 Å². The second kappa shape index (κ2) is 3.21. The molecule has 3 nitrogen and oxygen atoms in total.